The second-order valence-corrected chi connectivity index (χ2v) is 10.4. The lowest BCUT2D eigenvalue weighted by atomic mass is 10.1. The minimum Gasteiger partial charge on any atom is -0.376 e. The molecule has 1 atom stereocenters. The van der Waals surface area contributed by atoms with Crippen LogP contribution in [0.3, 0.4) is 0 Å². The number of carbonyl (C=O) groups excluding carboxylic acids is 1. The molecule has 1 saturated heterocycles. The number of hydrogen-bond acceptors (Lipinski definition) is 4. The molecular formula is C23H29ClN2O4S. The van der Waals surface area contributed by atoms with E-state index in [-0.39, 0.29) is 30.0 Å². The average molecular weight is 465 g/mol. The summed E-state index contributed by atoms with van der Waals surface area (Å²) in [4.78, 5) is 12.9. The van der Waals surface area contributed by atoms with Crippen LogP contribution in [-0.4, -0.2) is 44.4 Å². The normalized spacial score (nSPS) is 16.6. The van der Waals surface area contributed by atoms with Crippen LogP contribution in [-0.2, 0) is 26.1 Å². The zero-order chi connectivity index (χ0) is 22.6. The molecular weight excluding hydrogens is 436 g/mol. The molecule has 1 N–H and O–H groups in total. The molecule has 168 valence electrons. The van der Waals surface area contributed by atoms with E-state index >= 15 is 0 Å². The van der Waals surface area contributed by atoms with Crippen molar-refractivity contribution < 1.29 is 17.9 Å². The van der Waals surface area contributed by atoms with Gasteiger partial charge in [0.1, 0.15) is 0 Å². The Hall–Kier alpha value is -1.93. The van der Waals surface area contributed by atoms with Crippen molar-refractivity contribution in [1.29, 1.82) is 0 Å². The lowest BCUT2D eigenvalue weighted by molar-refractivity contribution is -0.121. The molecule has 0 saturated carbocycles. The summed E-state index contributed by atoms with van der Waals surface area (Å²) in [6.07, 6.45) is 1.87. The first-order valence-electron chi connectivity index (χ1n) is 10.4. The van der Waals surface area contributed by atoms with E-state index in [0.29, 0.717) is 29.3 Å². The number of carbonyl (C=O) groups is 1. The molecule has 2 aromatic carbocycles. The van der Waals surface area contributed by atoms with Gasteiger partial charge in [0.15, 0.2) is 0 Å². The molecule has 1 unspecified atom stereocenters. The Kier molecular flexibility index (Phi) is 7.75. The largest absolute Gasteiger partial charge is 0.376 e. The SMILES string of the molecule is Cc1cc(C)c(S(=O)(=O)N(CC(=O)NCC2CCCO2)Cc2ccc(Cl)cc2)c(C)c1. The third kappa shape index (κ3) is 6.07. The lowest BCUT2D eigenvalue weighted by Gasteiger charge is -2.24. The van der Waals surface area contributed by atoms with Crippen molar-refractivity contribution in [2.75, 3.05) is 19.7 Å². The predicted octanol–water partition coefficient (Wildman–Crippen LogP) is 3.75. The van der Waals surface area contributed by atoms with Crippen LogP contribution in [0.15, 0.2) is 41.3 Å². The van der Waals surface area contributed by atoms with E-state index in [1.165, 1.54) is 4.31 Å². The third-order valence-corrected chi connectivity index (χ3v) is 7.70. The summed E-state index contributed by atoms with van der Waals surface area (Å²) >= 11 is 5.97. The zero-order valence-corrected chi connectivity index (χ0v) is 19.7. The Labute approximate surface area is 189 Å². The maximum Gasteiger partial charge on any atom is 0.244 e. The summed E-state index contributed by atoms with van der Waals surface area (Å²) in [6, 6.07) is 10.6. The quantitative estimate of drug-likeness (QED) is 0.645. The van der Waals surface area contributed by atoms with Crippen molar-refractivity contribution >= 4 is 27.5 Å². The first-order chi connectivity index (χ1) is 14.7. The van der Waals surface area contributed by atoms with E-state index in [4.69, 9.17) is 16.3 Å². The first-order valence-corrected chi connectivity index (χ1v) is 12.2. The average Bonchev–Trinajstić information content (AvgIpc) is 3.20. The molecule has 1 heterocycles. The Morgan fingerprint density at radius 3 is 2.39 bits per heavy atom. The number of hydrogen-bond donors (Lipinski definition) is 1. The first kappa shape index (κ1) is 23.7. The predicted molar refractivity (Wildman–Crippen MR) is 122 cm³/mol. The Bertz CT molecular complexity index is 1010. The number of halogens is 1. The van der Waals surface area contributed by atoms with Crippen molar-refractivity contribution in [3.63, 3.8) is 0 Å². The van der Waals surface area contributed by atoms with Crippen molar-refractivity contribution in [1.82, 2.24) is 9.62 Å². The third-order valence-electron chi connectivity index (χ3n) is 5.35. The molecule has 1 amide bonds. The molecule has 1 aliphatic rings. The topological polar surface area (TPSA) is 75.7 Å². The van der Waals surface area contributed by atoms with Crippen LogP contribution >= 0.6 is 11.6 Å². The standard InChI is InChI=1S/C23H29ClN2O4S/c1-16-11-17(2)23(18(3)12-16)31(28,29)26(14-19-6-8-20(24)9-7-19)15-22(27)25-13-21-5-4-10-30-21/h6-9,11-12,21H,4-5,10,13-15H2,1-3H3,(H,25,27). The monoisotopic (exact) mass is 464 g/mol. The van der Waals surface area contributed by atoms with Gasteiger partial charge in [-0.3, -0.25) is 4.79 Å². The van der Waals surface area contributed by atoms with Crippen molar-refractivity contribution in [3.05, 3.63) is 63.7 Å². The van der Waals surface area contributed by atoms with E-state index in [1.54, 1.807) is 38.1 Å². The molecule has 1 aliphatic heterocycles. The summed E-state index contributed by atoms with van der Waals surface area (Å²) < 4.78 is 34.1. The van der Waals surface area contributed by atoms with Gasteiger partial charge in [0.25, 0.3) is 0 Å². The van der Waals surface area contributed by atoms with Gasteiger partial charge in [-0.1, -0.05) is 41.4 Å². The molecule has 0 spiro atoms. The molecule has 3 rings (SSSR count). The van der Waals surface area contributed by atoms with Crippen LogP contribution in [0.25, 0.3) is 0 Å². The summed E-state index contributed by atoms with van der Waals surface area (Å²) in [5.41, 5.74) is 3.08. The van der Waals surface area contributed by atoms with Gasteiger partial charge in [-0.05, 0) is 62.4 Å². The fourth-order valence-corrected chi connectivity index (χ4v) is 5.89. The van der Waals surface area contributed by atoms with Crippen LogP contribution in [0.5, 0.6) is 0 Å². The molecule has 8 heteroatoms. The van der Waals surface area contributed by atoms with E-state index in [1.807, 2.05) is 19.1 Å². The van der Waals surface area contributed by atoms with Gasteiger partial charge >= 0.3 is 0 Å². The summed E-state index contributed by atoms with van der Waals surface area (Å²) in [7, 11) is -3.91. The van der Waals surface area contributed by atoms with Gasteiger partial charge in [0, 0.05) is 24.7 Å². The lowest BCUT2D eigenvalue weighted by Crippen LogP contribution is -2.42. The highest BCUT2D eigenvalue weighted by Crippen LogP contribution is 2.26. The van der Waals surface area contributed by atoms with Crippen molar-refractivity contribution in [2.24, 2.45) is 0 Å². The number of nitrogens with one attached hydrogen (secondary N) is 1. The summed E-state index contributed by atoms with van der Waals surface area (Å²) in [6.45, 7) is 6.38. The minimum absolute atomic E-state index is 0.00754. The Balaban J connectivity index is 1.86. The van der Waals surface area contributed by atoms with Gasteiger partial charge in [-0.2, -0.15) is 4.31 Å². The van der Waals surface area contributed by atoms with Crippen LogP contribution < -0.4 is 5.32 Å². The van der Waals surface area contributed by atoms with E-state index in [9.17, 15) is 13.2 Å². The molecule has 1 fully saturated rings. The number of rotatable bonds is 8. The molecule has 0 radical (unpaired) electrons. The van der Waals surface area contributed by atoms with Gasteiger partial charge in [-0.25, -0.2) is 8.42 Å². The molecule has 0 bridgehead atoms. The number of amides is 1. The highest BCUT2D eigenvalue weighted by Gasteiger charge is 2.30. The number of aryl methyl sites for hydroxylation is 3. The highest BCUT2D eigenvalue weighted by atomic mass is 35.5. The van der Waals surface area contributed by atoms with E-state index in [0.717, 1.165) is 24.0 Å². The molecule has 6 nitrogen and oxygen atoms in total. The van der Waals surface area contributed by atoms with Crippen LogP contribution in [0.2, 0.25) is 5.02 Å². The van der Waals surface area contributed by atoms with Crippen LogP contribution in [0.4, 0.5) is 0 Å². The van der Waals surface area contributed by atoms with Crippen molar-refractivity contribution in [3.8, 4) is 0 Å². The highest BCUT2D eigenvalue weighted by molar-refractivity contribution is 7.89. The minimum atomic E-state index is -3.91. The van der Waals surface area contributed by atoms with E-state index in [2.05, 4.69) is 5.32 Å². The summed E-state index contributed by atoms with van der Waals surface area (Å²) in [5.74, 6) is -0.351. The fourth-order valence-electron chi connectivity index (χ4n) is 3.97. The smallest absolute Gasteiger partial charge is 0.244 e. The van der Waals surface area contributed by atoms with Gasteiger partial charge < -0.3 is 10.1 Å². The number of ether oxygens (including phenoxy) is 1. The zero-order valence-electron chi connectivity index (χ0n) is 18.2. The Morgan fingerprint density at radius 2 is 1.81 bits per heavy atom. The summed E-state index contributed by atoms with van der Waals surface area (Å²) in [5, 5.41) is 3.39. The Morgan fingerprint density at radius 1 is 1.16 bits per heavy atom. The second kappa shape index (κ2) is 10.1. The second-order valence-electron chi connectivity index (χ2n) is 8.07. The number of nitrogens with zero attached hydrogens (tertiary/aromatic N) is 1. The fraction of sp³-hybridized carbons (Fsp3) is 0.435. The maximum atomic E-state index is 13.6. The molecule has 31 heavy (non-hydrogen) atoms. The van der Waals surface area contributed by atoms with Crippen LogP contribution in [0.1, 0.15) is 35.1 Å². The van der Waals surface area contributed by atoms with Gasteiger partial charge in [-0.15, -0.1) is 0 Å². The van der Waals surface area contributed by atoms with Crippen molar-refractivity contribution in [2.45, 2.75) is 51.2 Å². The van der Waals surface area contributed by atoms with E-state index < -0.39 is 10.0 Å². The van der Waals surface area contributed by atoms with Crippen LogP contribution in [0, 0.1) is 20.8 Å². The molecule has 0 aliphatic carbocycles. The molecule has 2 aromatic rings. The number of sulfonamides is 1. The van der Waals surface area contributed by atoms with Gasteiger partial charge in [0.05, 0.1) is 17.5 Å². The maximum absolute atomic E-state index is 13.6. The van der Waals surface area contributed by atoms with Gasteiger partial charge in [0.2, 0.25) is 15.9 Å². The number of benzene rings is 2. The molecule has 0 aromatic heterocycles.